The molecule has 0 saturated heterocycles. The molecule has 1 unspecified atom stereocenters. The Hall–Kier alpha value is -1.09. The van der Waals surface area contributed by atoms with Crippen LogP contribution in [0.4, 0.5) is 0 Å². The summed E-state index contributed by atoms with van der Waals surface area (Å²) < 4.78 is 1.99. The fraction of sp³-hybridized carbons (Fsp3) is 0.615. The van der Waals surface area contributed by atoms with Crippen molar-refractivity contribution in [3.8, 4) is 0 Å². The molecule has 0 aliphatic heterocycles. The third-order valence-corrected chi connectivity index (χ3v) is 2.75. The second kappa shape index (κ2) is 7.23. The number of nitrogens with zero attached hydrogens (tertiary/aromatic N) is 2. The topological polar surface area (TPSA) is 29.9 Å². The van der Waals surface area contributed by atoms with Crippen LogP contribution in [-0.2, 0) is 6.54 Å². The highest BCUT2D eigenvalue weighted by Gasteiger charge is 2.03. The van der Waals surface area contributed by atoms with Crippen LogP contribution >= 0.6 is 0 Å². The average Bonchev–Trinajstić information content (AvgIpc) is 2.69. The molecule has 0 spiro atoms. The minimum atomic E-state index is 0.606. The van der Waals surface area contributed by atoms with Crippen molar-refractivity contribution in [1.29, 1.82) is 0 Å². The monoisotopic (exact) mass is 221 g/mol. The minimum Gasteiger partial charge on any atom is -0.312 e. The van der Waals surface area contributed by atoms with Gasteiger partial charge >= 0.3 is 0 Å². The Morgan fingerprint density at radius 3 is 3.00 bits per heavy atom. The van der Waals surface area contributed by atoms with Crippen LogP contribution in [0.2, 0.25) is 0 Å². The van der Waals surface area contributed by atoms with Crippen molar-refractivity contribution in [2.24, 2.45) is 0 Å². The average molecular weight is 221 g/mol. The number of aromatic nitrogens is 2. The molecule has 0 aromatic carbocycles. The van der Waals surface area contributed by atoms with E-state index in [1.807, 2.05) is 17.0 Å². The maximum atomic E-state index is 4.26. The smallest absolute Gasteiger partial charge is 0.0534 e. The fourth-order valence-electron chi connectivity index (χ4n) is 1.74. The van der Waals surface area contributed by atoms with Crippen LogP contribution in [0.1, 0.15) is 31.7 Å². The summed E-state index contributed by atoms with van der Waals surface area (Å²) in [5, 5.41) is 7.81. The fourth-order valence-corrected chi connectivity index (χ4v) is 1.74. The van der Waals surface area contributed by atoms with Gasteiger partial charge in [-0.05, 0) is 31.7 Å². The second-order valence-corrected chi connectivity index (χ2v) is 4.21. The van der Waals surface area contributed by atoms with E-state index >= 15 is 0 Å². The molecule has 1 aromatic rings. The van der Waals surface area contributed by atoms with E-state index in [1.165, 1.54) is 18.4 Å². The predicted molar refractivity (Wildman–Crippen MR) is 68.5 cm³/mol. The van der Waals surface area contributed by atoms with Crippen molar-refractivity contribution in [1.82, 2.24) is 15.1 Å². The molecular formula is C13H23N3. The molecule has 1 heterocycles. The number of nitrogens with one attached hydrogen (secondary N) is 1. The summed E-state index contributed by atoms with van der Waals surface area (Å²) >= 11 is 0. The van der Waals surface area contributed by atoms with E-state index in [4.69, 9.17) is 0 Å². The van der Waals surface area contributed by atoms with Gasteiger partial charge < -0.3 is 5.32 Å². The zero-order valence-electron chi connectivity index (χ0n) is 10.4. The second-order valence-electron chi connectivity index (χ2n) is 4.21. The van der Waals surface area contributed by atoms with Gasteiger partial charge in [0.25, 0.3) is 0 Å². The summed E-state index contributed by atoms with van der Waals surface area (Å²) in [4.78, 5) is 0. The molecule has 0 bridgehead atoms. The summed E-state index contributed by atoms with van der Waals surface area (Å²) in [6, 6.07) is 0.606. The van der Waals surface area contributed by atoms with Crippen LogP contribution in [0.15, 0.2) is 25.0 Å². The lowest BCUT2D eigenvalue weighted by Crippen LogP contribution is -2.31. The molecule has 0 radical (unpaired) electrons. The van der Waals surface area contributed by atoms with Crippen LogP contribution in [0.25, 0.3) is 0 Å². The third-order valence-electron chi connectivity index (χ3n) is 2.75. The number of allylic oxidation sites excluding steroid dienone is 1. The lowest BCUT2D eigenvalue weighted by molar-refractivity contribution is 0.445. The highest BCUT2D eigenvalue weighted by molar-refractivity contribution is 4.99. The lowest BCUT2D eigenvalue weighted by Gasteiger charge is -2.15. The van der Waals surface area contributed by atoms with Crippen LogP contribution < -0.4 is 5.32 Å². The number of aryl methyl sites for hydroxylation is 1. The maximum absolute atomic E-state index is 4.26. The zero-order chi connectivity index (χ0) is 11.8. The van der Waals surface area contributed by atoms with E-state index in [9.17, 15) is 0 Å². The predicted octanol–water partition coefficient (Wildman–Crippen LogP) is 2.53. The molecule has 0 saturated carbocycles. The molecule has 3 heteroatoms. The van der Waals surface area contributed by atoms with Gasteiger partial charge in [-0.3, -0.25) is 4.68 Å². The first-order valence-corrected chi connectivity index (χ1v) is 6.09. The van der Waals surface area contributed by atoms with Crippen molar-refractivity contribution in [3.05, 3.63) is 30.6 Å². The summed E-state index contributed by atoms with van der Waals surface area (Å²) in [6.45, 7) is 9.97. The van der Waals surface area contributed by atoms with Crippen LogP contribution in [0.5, 0.6) is 0 Å². The SMILES string of the molecule is C=CCCC(CC)NCCn1cc(C)cn1. The van der Waals surface area contributed by atoms with E-state index in [1.54, 1.807) is 0 Å². The first-order chi connectivity index (χ1) is 7.76. The largest absolute Gasteiger partial charge is 0.312 e. The maximum Gasteiger partial charge on any atom is 0.0534 e. The lowest BCUT2D eigenvalue weighted by atomic mass is 10.1. The van der Waals surface area contributed by atoms with Crippen molar-refractivity contribution in [3.63, 3.8) is 0 Å². The summed E-state index contributed by atoms with van der Waals surface area (Å²) in [7, 11) is 0. The van der Waals surface area contributed by atoms with E-state index in [0.717, 1.165) is 19.5 Å². The molecule has 1 rings (SSSR count). The highest BCUT2D eigenvalue weighted by Crippen LogP contribution is 2.01. The number of hydrogen-bond donors (Lipinski definition) is 1. The molecule has 0 aliphatic carbocycles. The van der Waals surface area contributed by atoms with Crippen molar-refractivity contribution < 1.29 is 0 Å². The van der Waals surface area contributed by atoms with Gasteiger partial charge in [0.05, 0.1) is 12.7 Å². The molecule has 90 valence electrons. The molecule has 1 N–H and O–H groups in total. The normalized spacial score (nSPS) is 12.6. The van der Waals surface area contributed by atoms with E-state index in [-0.39, 0.29) is 0 Å². The minimum absolute atomic E-state index is 0.606. The summed E-state index contributed by atoms with van der Waals surface area (Å²) in [5.41, 5.74) is 1.22. The molecular weight excluding hydrogens is 198 g/mol. The Morgan fingerprint density at radius 2 is 2.44 bits per heavy atom. The van der Waals surface area contributed by atoms with E-state index < -0.39 is 0 Å². The first kappa shape index (κ1) is 13.0. The Morgan fingerprint density at radius 1 is 1.62 bits per heavy atom. The van der Waals surface area contributed by atoms with Gasteiger partial charge in [-0.25, -0.2) is 0 Å². The molecule has 16 heavy (non-hydrogen) atoms. The van der Waals surface area contributed by atoms with Crippen molar-refractivity contribution in [2.75, 3.05) is 6.54 Å². The Bertz CT molecular complexity index is 304. The Labute approximate surface area is 98.5 Å². The summed E-state index contributed by atoms with van der Waals surface area (Å²) in [6.07, 6.45) is 9.40. The Balaban J connectivity index is 2.20. The van der Waals surface area contributed by atoms with Gasteiger partial charge in [0, 0.05) is 18.8 Å². The highest BCUT2D eigenvalue weighted by atomic mass is 15.3. The van der Waals surface area contributed by atoms with Gasteiger partial charge in [-0.1, -0.05) is 13.0 Å². The summed E-state index contributed by atoms with van der Waals surface area (Å²) in [5.74, 6) is 0. The van der Waals surface area contributed by atoms with Crippen LogP contribution in [0, 0.1) is 6.92 Å². The van der Waals surface area contributed by atoms with Gasteiger partial charge in [-0.15, -0.1) is 6.58 Å². The van der Waals surface area contributed by atoms with Crippen molar-refractivity contribution >= 4 is 0 Å². The quantitative estimate of drug-likeness (QED) is 0.684. The molecule has 0 amide bonds. The van der Waals surface area contributed by atoms with Gasteiger partial charge in [-0.2, -0.15) is 5.10 Å². The van der Waals surface area contributed by atoms with Crippen LogP contribution in [0.3, 0.4) is 0 Å². The number of hydrogen-bond acceptors (Lipinski definition) is 2. The molecule has 3 nitrogen and oxygen atoms in total. The van der Waals surface area contributed by atoms with Gasteiger partial charge in [0.15, 0.2) is 0 Å². The standard InChI is InChI=1S/C13H23N3/c1-4-6-7-13(5-2)14-8-9-16-11-12(3)10-15-16/h4,10-11,13-14H,1,5-9H2,2-3H3. The number of rotatable bonds is 8. The Kier molecular flexibility index (Phi) is 5.86. The van der Waals surface area contributed by atoms with E-state index in [2.05, 4.69) is 37.0 Å². The molecule has 0 fully saturated rings. The van der Waals surface area contributed by atoms with E-state index in [0.29, 0.717) is 6.04 Å². The first-order valence-electron chi connectivity index (χ1n) is 6.09. The third kappa shape index (κ3) is 4.62. The zero-order valence-corrected chi connectivity index (χ0v) is 10.4. The van der Waals surface area contributed by atoms with Crippen molar-refractivity contribution in [2.45, 2.75) is 45.7 Å². The molecule has 1 atom stereocenters. The molecule has 0 aliphatic rings. The van der Waals surface area contributed by atoms with Crippen LogP contribution in [-0.4, -0.2) is 22.4 Å². The molecule has 1 aromatic heterocycles. The van der Waals surface area contributed by atoms with Gasteiger partial charge in [0.2, 0.25) is 0 Å². The van der Waals surface area contributed by atoms with Gasteiger partial charge in [0.1, 0.15) is 0 Å².